The fraction of sp³-hybridized carbons (Fsp3) is 0.543. The van der Waals surface area contributed by atoms with E-state index in [9.17, 15) is 5.11 Å². The quantitative estimate of drug-likeness (QED) is 0.0294. The fourth-order valence-electron chi connectivity index (χ4n) is 12.6. The van der Waals surface area contributed by atoms with Gasteiger partial charge in [-0.25, -0.2) is 0 Å². The Balaban J connectivity index is 1.24. The third kappa shape index (κ3) is 33.5. The molecule has 0 saturated carbocycles. The van der Waals surface area contributed by atoms with Crippen LogP contribution in [0.15, 0.2) is 127 Å². The van der Waals surface area contributed by atoms with Crippen LogP contribution < -0.4 is 18.9 Å². The van der Waals surface area contributed by atoms with Crippen molar-refractivity contribution in [3.8, 4) is 64.3 Å². The number of fused-ring (bicyclic) bond motifs is 2. The van der Waals surface area contributed by atoms with Crippen LogP contribution >= 0.6 is 0 Å². The van der Waals surface area contributed by atoms with Gasteiger partial charge in [0.25, 0.3) is 0 Å². The first-order chi connectivity index (χ1) is 50.4. The van der Waals surface area contributed by atoms with Crippen molar-refractivity contribution >= 4 is 0 Å². The number of benzene rings is 6. The summed E-state index contributed by atoms with van der Waals surface area (Å²) >= 11 is 0. The van der Waals surface area contributed by atoms with Crippen LogP contribution in [0.1, 0.15) is 301 Å². The highest BCUT2D eigenvalue weighted by molar-refractivity contribution is 5.61. The van der Waals surface area contributed by atoms with Gasteiger partial charge in [0.05, 0.1) is 90.4 Å². The van der Waals surface area contributed by atoms with E-state index in [1.807, 2.05) is 127 Å². The molecule has 6 aromatic rings. The first kappa shape index (κ1) is 82.1. The van der Waals surface area contributed by atoms with Crippen LogP contribution in [0.3, 0.4) is 0 Å². The van der Waals surface area contributed by atoms with Gasteiger partial charge in [-0.05, 0) is 104 Å². The van der Waals surface area contributed by atoms with E-state index in [1.165, 1.54) is 154 Å². The van der Waals surface area contributed by atoms with Crippen molar-refractivity contribution in [1.29, 1.82) is 0 Å². The van der Waals surface area contributed by atoms with Crippen molar-refractivity contribution in [2.24, 2.45) is 0 Å². The van der Waals surface area contributed by atoms with Crippen molar-refractivity contribution in [1.82, 2.24) is 0 Å². The Morgan fingerprint density at radius 2 is 0.686 bits per heavy atom. The molecule has 10 heteroatoms. The molecule has 10 nitrogen and oxygen atoms in total. The lowest BCUT2D eigenvalue weighted by molar-refractivity contribution is -0.0646. The molecule has 552 valence electrons. The second-order valence-electron chi connectivity index (χ2n) is 27.4. The van der Waals surface area contributed by atoms with Gasteiger partial charge in [-0.15, -0.1) is 0 Å². The van der Waals surface area contributed by atoms with Crippen molar-refractivity contribution in [3.63, 3.8) is 0 Å². The van der Waals surface area contributed by atoms with E-state index in [2.05, 4.69) is 63.2 Å². The first-order valence-corrected chi connectivity index (χ1v) is 39.8. The maximum Gasteiger partial charge on any atom is 0.135 e. The molecule has 7 rings (SSSR count). The molecule has 2 bridgehead atoms. The second-order valence-corrected chi connectivity index (χ2v) is 27.4. The average Bonchev–Trinajstić information content (AvgIpc) is 0.833. The minimum Gasteiger partial charge on any atom is -0.507 e. The SMILES string of the molecule is CCCCCCCCCCOc1ccc(OCCCCCCCCCC)c(C#Cc2ccc(C#Cc3cc(OCCCCCCCCCC)ccc3OCCCCCCCCCC)c(C#Cc3cc4c(O)c(c3)COC[C@H](c3ccccc3)OCCOCCO[C@@H](c3ccccc3)COC4)c2)c1. The van der Waals surface area contributed by atoms with E-state index < -0.39 is 0 Å². The number of unbranched alkanes of at least 4 members (excludes halogenated alkanes) is 28. The maximum atomic E-state index is 12.1. The number of rotatable bonds is 42. The van der Waals surface area contributed by atoms with Gasteiger partial charge in [-0.3, -0.25) is 0 Å². The lowest BCUT2D eigenvalue weighted by Gasteiger charge is -2.21. The molecule has 0 amide bonds. The molecule has 0 unspecified atom stereocenters. The van der Waals surface area contributed by atoms with E-state index in [4.69, 9.17) is 42.6 Å². The Morgan fingerprint density at radius 1 is 0.324 bits per heavy atom. The van der Waals surface area contributed by atoms with E-state index in [0.29, 0.717) is 75.1 Å². The van der Waals surface area contributed by atoms with Gasteiger partial charge in [0, 0.05) is 33.4 Å². The smallest absolute Gasteiger partial charge is 0.135 e. The maximum absolute atomic E-state index is 12.1. The number of hydrogen-bond acceptors (Lipinski definition) is 10. The monoisotopic (exact) mass is 1390 g/mol. The molecule has 1 aliphatic heterocycles. The summed E-state index contributed by atoms with van der Waals surface area (Å²) in [6.45, 7) is 13.8. The molecule has 1 aliphatic rings. The third-order valence-corrected chi connectivity index (χ3v) is 18.7. The third-order valence-electron chi connectivity index (χ3n) is 18.7. The van der Waals surface area contributed by atoms with Crippen LogP contribution in [0.4, 0.5) is 0 Å². The number of phenols is 1. The van der Waals surface area contributed by atoms with E-state index in [0.717, 1.165) is 108 Å². The van der Waals surface area contributed by atoms with Gasteiger partial charge in [-0.2, -0.15) is 0 Å². The lowest BCUT2D eigenvalue weighted by atomic mass is 10.0. The van der Waals surface area contributed by atoms with E-state index in [-0.39, 0.29) is 44.4 Å². The molecule has 102 heavy (non-hydrogen) atoms. The minimum atomic E-state index is -0.372. The van der Waals surface area contributed by atoms with Crippen LogP contribution in [0.2, 0.25) is 0 Å². The molecule has 1 N–H and O–H groups in total. The fourth-order valence-corrected chi connectivity index (χ4v) is 12.6. The standard InChI is InChI=1S/C92H124O10/c1-5-9-13-17-21-25-29-39-59-97-86-55-57-88(99-61-41-31-27-23-19-15-11-7-3)82(70-86)52-48-76-47-50-78(53-54-83-71-87(98-60-40-30-26-22-18-14-10-6-2)56-58-89(83)100-62-42-32-28-24-20-16-12-8-4)81(67-76)51-49-77-68-84-72-95-74-90(79-43-35-33-36-44-79)101-65-63-94-64-66-102-91(80-45-37-34-38-46-80)75-96-73-85(69-77)92(84)93/h33-38,43-47,50,55-58,67-71,90-91,93H,5-32,39-42,59-66,72-75H2,1-4H3/t90-,91-/m1/s1. The number of ether oxygens (including phenoxy) is 9. The van der Waals surface area contributed by atoms with Crippen LogP contribution in [0, 0.1) is 35.5 Å². The van der Waals surface area contributed by atoms with Gasteiger partial charge < -0.3 is 47.7 Å². The van der Waals surface area contributed by atoms with Crippen LogP contribution in [0.25, 0.3) is 0 Å². The van der Waals surface area contributed by atoms with Gasteiger partial charge in [0.1, 0.15) is 41.0 Å². The Morgan fingerprint density at radius 3 is 1.11 bits per heavy atom. The normalized spacial score (nSPS) is 14.4. The summed E-state index contributed by atoms with van der Waals surface area (Å²) in [5, 5.41) is 12.1. The summed E-state index contributed by atoms with van der Waals surface area (Å²) < 4.78 is 57.7. The highest BCUT2D eigenvalue weighted by Gasteiger charge is 2.19. The van der Waals surface area contributed by atoms with Crippen molar-refractivity contribution in [2.75, 3.05) is 66.1 Å². The Bertz CT molecular complexity index is 3320. The number of aromatic hydroxyl groups is 1. The first-order valence-electron chi connectivity index (χ1n) is 39.8. The van der Waals surface area contributed by atoms with Crippen molar-refractivity contribution in [2.45, 2.75) is 259 Å². The van der Waals surface area contributed by atoms with Crippen molar-refractivity contribution in [3.05, 3.63) is 183 Å². The number of phenolic OH excluding ortho intramolecular Hbond substituents is 1. The summed E-state index contributed by atoms with van der Waals surface area (Å²) in [5.41, 5.74) is 7.48. The Labute approximate surface area is 616 Å². The van der Waals surface area contributed by atoms with Crippen LogP contribution in [-0.4, -0.2) is 71.2 Å². The van der Waals surface area contributed by atoms with Crippen LogP contribution in [-0.2, 0) is 36.9 Å². The van der Waals surface area contributed by atoms with E-state index in [1.54, 1.807) is 0 Å². The molecule has 0 aromatic heterocycles. The second kappa shape index (κ2) is 52.7. The molecule has 0 aliphatic carbocycles. The van der Waals surface area contributed by atoms with E-state index >= 15 is 0 Å². The summed E-state index contributed by atoms with van der Waals surface area (Å²) in [6.07, 6.45) is 38.6. The topological polar surface area (TPSA) is 103 Å². The lowest BCUT2D eigenvalue weighted by Crippen LogP contribution is -2.18. The zero-order chi connectivity index (χ0) is 71.4. The Hall–Kier alpha value is -7.20. The van der Waals surface area contributed by atoms with Gasteiger partial charge in [0.15, 0.2) is 0 Å². The largest absolute Gasteiger partial charge is 0.507 e. The molecule has 6 aromatic carbocycles. The summed E-state index contributed by atoms with van der Waals surface area (Å²) in [4.78, 5) is 0. The molecule has 0 spiro atoms. The summed E-state index contributed by atoms with van der Waals surface area (Å²) in [6, 6.07) is 42.1. The van der Waals surface area contributed by atoms with Gasteiger partial charge >= 0.3 is 0 Å². The number of hydrogen-bond donors (Lipinski definition) is 1. The summed E-state index contributed by atoms with van der Waals surface area (Å²) in [7, 11) is 0. The predicted octanol–water partition coefficient (Wildman–Crippen LogP) is 23.2. The predicted molar refractivity (Wildman–Crippen MR) is 418 cm³/mol. The Kier molecular flexibility index (Phi) is 42.4. The minimum absolute atomic E-state index is 0.0847. The van der Waals surface area contributed by atoms with Gasteiger partial charge in [-0.1, -0.05) is 304 Å². The molecular formula is C92H124O10. The summed E-state index contributed by atoms with van der Waals surface area (Å²) in [5.74, 6) is 24.4. The molecular weight excluding hydrogens is 1270 g/mol. The highest BCUT2D eigenvalue weighted by Crippen LogP contribution is 2.31. The molecule has 0 fully saturated rings. The molecule has 2 atom stereocenters. The molecule has 1 heterocycles. The highest BCUT2D eigenvalue weighted by atomic mass is 16.6. The zero-order valence-corrected chi connectivity index (χ0v) is 63.0. The molecule has 0 saturated heterocycles. The average molecular weight is 1390 g/mol. The molecule has 0 radical (unpaired) electrons. The van der Waals surface area contributed by atoms with Gasteiger partial charge in [0.2, 0.25) is 0 Å². The zero-order valence-electron chi connectivity index (χ0n) is 63.0. The van der Waals surface area contributed by atoms with Crippen molar-refractivity contribution < 1.29 is 47.7 Å². The van der Waals surface area contributed by atoms with Crippen LogP contribution in [0.5, 0.6) is 28.7 Å².